The Morgan fingerprint density at radius 3 is 2.58 bits per heavy atom. The van der Waals surface area contributed by atoms with Gasteiger partial charge in [0.05, 0.1) is 12.1 Å². The summed E-state index contributed by atoms with van der Waals surface area (Å²) in [5.41, 5.74) is 4.60. The quantitative estimate of drug-likeness (QED) is 0.655. The van der Waals surface area contributed by atoms with Crippen molar-refractivity contribution < 1.29 is 19.1 Å². The van der Waals surface area contributed by atoms with Gasteiger partial charge in [0.1, 0.15) is 12.3 Å². The van der Waals surface area contributed by atoms with Crippen LogP contribution in [-0.4, -0.2) is 28.4 Å². The van der Waals surface area contributed by atoms with E-state index in [4.69, 9.17) is 4.74 Å². The molecular weight excluding hydrogens is 340 g/mol. The number of carbonyl (C=O) groups is 3. The number of hydrogen-bond acceptors (Lipinski definition) is 5. The first-order valence-electron chi connectivity index (χ1n) is 7.82. The lowest BCUT2D eigenvalue weighted by Crippen LogP contribution is -2.47. The van der Waals surface area contributed by atoms with Crippen LogP contribution >= 0.6 is 0 Å². The molecule has 2 aromatic rings. The molecule has 3 amide bonds. The number of hydrogen-bond donors (Lipinski definition) is 3. The molecular formula is C17H16N4O5. The molecule has 0 spiro atoms. The predicted molar refractivity (Wildman–Crippen MR) is 91.1 cm³/mol. The summed E-state index contributed by atoms with van der Waals surface area (Å²) in [7, 11) is 0. The molecule has 1 aliphatic rings. The van der Waals surface area contributed by atoms with E-state index in [0.717, 1.165) is 0 Å². The van der Waals surface area contributed by atoms with Gasteiger partial charge in [-0.15, -0.1) is 0 Å². The van der Waals surface area contributed by atoms with Crippen molar-refractivity contribution in [3.8, 4) is 5.75 Å². The maximum absolute atomic E-state index is 12.0. The maximum atomic E-state index is 12.0. The molecule has 0 bridgehead atoms. The number of fused-ring (bicyclic) bond motifs is 1. The second-order valence-electron chi connectivity index (χ2n) is 5.56. The van der Waals surface area contributed by atoms with E-state index in [2.05, 4.69) is 16.2 Å². The molecule has 0 saturated carbocycles. The second kappa shape index (κ2) is 7.51. The van der Waals surface area contributed by atoms with Crippen molar-refractivity contribution in [3.05, 3.63) is 59.0 Å². The second-order valence-corrected chi connectivity index (χ2v) is 5.56. The number of hydrazine groups is 1. The zero-order valence-corrected chi connectivity index (χ0v) is 13.6. The van der Waals surface area contributed by atoms with Crippen LogP contribution in [0, 0.1) is 0 Å². The topological polar surface area (TPSA) is 119 Å². The summed E-state index contributed by atoms with van der Waals surface area (Å²) in [5, 5.41) is 2.65. The summed E-state index contributed by atoms with van der Waals surface area (Å²) in [6.07, 6.45) is 0.186. The highest BCUT2D eigenvalue weighted by atomic mass is 16.5. The molecule has 0 aliphatic carbocycles. The predicted octanol–water partition coefficient (Wildman–Crippen LogP) is -0.214. The Hall–Kier alpha value is -3.62. The fraction of sp³-hybridized carbons (Fsp3) is 0.176. The largest absolute Gasteiger partial charge is 0.478 e. The van der Waals surface area contributed by atoms with E-state index < -0.39 is 23.8 Å². The summed E-state index contributed by atoms with van der Waals surface area (Å²) < 4.78 is 6.69. The Balaban J connectivity index is 1.50. The van der Waals surface area contributed by atoms with Gasteiger partial charge in [-0.3, -0.25) is 30.0 Å². The molecule has 0 fully saturated rings. The van der Waals surface area contributed by atoms with Crippen LogP contribution in [0.2, 0.25) is 0 Å². The first-order chi connectivity index (χ1) is 12.5. The van der Waals surface area contributed by atoms with Crippen molar-refractivity contribution >= 4 is 23.4 Å². The van der Waals surface area contributed by atoms with E-state index in [1.165, 1.54) is 16.8 Å². The minimum Gasteiger partial charge on any atom is -0.478 e. The number of nitrogens with one attached hydrogen (secondary N) is 3. The smallest absolute Gasteiger partial charge is 0.266 e. The summed E-state index contributed by atoms with van der Waals surface area (Å²) in [4.78, 5) is 47.2. The van der Waals surface area contributed by atoms with E-state index in [1.807, 2.05) is 0 Å². The third-order valence-corrected chi connectivity index (χ3v) is 3.63. The lowest BCUT2D eigenvalue weighted by atomic mass is 10.1. The number of benzene rings is 1. The lowest BCUT2D eigenvalue weighted by molar-refractivity contribution is -0.133. The average Bonchev–Trinajstić information content (AvgIpc) is 2.62. The average molecular weight is 356 g/mol. The van der Waals surface area contributed by atoms with E-state index >= 15 is 0 Å². The van der Waals surface area contributed by atoms with E-state index in [0.29, 0.717) is 11.4 Å². The lowest BCUT2D eigenvalue weighted by Gasteiger charge is -2.25. The van der Waals surface area contributed by atoms with E-state index in [-0.39, 0.29) is 18.5 Å². The highest BCUT2D eigenvalue weighted by molar-refractivity contribution is 6.00. The number of para-hydroxylation sites is 2. The van der Waals surface area contributed by atoms with Crippen LogP contribution in [0.3, 0.4) is 0 Å². The number of pyridine rings is 1. The zero-order chi connectivity index (χ0) is 18.5. The van der Waals surface area contributed by atoms with Gasteiger partial charge in [-0.2, -0.15) is 0 Å². The summed E-state index contributed by atoms with van der Waals surface area (Å²) in [6.45, 7) is -0.242. The molecule has 3 rings (SSSR count). The van der Waals surface area contributed by atoms with Crippen LogP contribution in [0.25, 0.3) is 0 Å². The van der Waals surface area contributed by atoms with Crippen molar-refractivity contribution in [1.82, 2.24) is 15.4 Å². The van der Waals surface area contributed by atoms with E-state index in [1.54, 1.807) is 36.4 Å². The molecule has 1 aromatic carbocycles. The van der Waals surface area contributed by atoms with Gasteiger partial charge in [0.15, 0.2) is 6.10 Å². The van der Waals surface area contributed by atoms with Gasteiger partial charge in [-0.25, -0.2) is 0 Å². The minimum absolute atomic E-state index is 0.242. The van der Waals surface area contributed by atoms with Gasteiger partial charge >= 0.3 is 0 Å². The standard InChI is InChI=1S/C17H16N4O5/c22-14(19-20-15(23)10-21-8-4-3-7-16(21)24)9-13-17(25)18-11-5-1-2-6-12(11)26-13/h1-8,13H,9-10H2,(H,18,25)(H,19,22)(H,20,23)/t13-/m0/s1. The summed E-state index contributed by atoms with van der Waals surface area (Å²) >= 11 is 0. The van der Waals surface area contributed by atoms with Gasteiger partial charge < -0.3 is 14.6 Å². The third-order valence-electron chi connectivity index (χ3n) is 3.63. The van der Waals surface area contributed by atoms with Gasteiger partial charge in [0.2, 0.25) is 5.91 Å². The highest BCUT2D eigenvalue weighted by Crippen LogP contribution is 2.29. The van der Waals surface area contributed by atoms with Crippen LogP contribution in [0.15, 0.2) is 53.5 Å². The Labute approximate surface area is 147 Å². The van der Waals surface area contributed by atoms with E-state index in [9.17, 15) is 19.2 Å². The first kappa shape index (κ1) is 17.2. The first-order valence-corrected chi connectivity index (χ1v) is 7.82. The number of amides is 3. The molecule has 9 heteroatoms. The molecule has 3 N–H and O–H groups in total. The Morgan fingerprint density at radius 1 is 1.04 bits per heavy atom. The molecule has 0 radical (unpaired) electrons. The number of nitrogens with zero attached hydrogens (tertiary/aromatic N) is 1. The molecule has 0 unspecified atom stereocenters. The van der Waals surface area contributed by atoms with Crippen LogP contribution in [-0.2, 0) is 20.9 Å². The fourth-order valence-corrected chi connectivity index (χ4v) is 2.37. The van der Waals surface area contributed by atoms with Crippen LogP contribution in [0.5, 0.6) is 5.75 Å². The van der Waals surface area contributed by atoms with Crippen molar-refractivity contribution in [2.45, 2.75) is 19.1 Å². The molecule has 2 heterocycles. The van der Waals surface area contributed by atoms with Gasteiger partial charge in [0, 0.05) is 12.3 Å². The van der Waals surface area contributed by atoms with Gasteiger partial charge in [-0.1, -0.05) is 18.2 Å². The van der Waals surface area contributed by atoms with Crippen LogP contribution < -0.4 is 26.5 Å². The molecule has 134 valence electrons. The SMILES string of the molecule is O=C(C[C@@H]1Oc2ccccc2NC1=O)NNC(=O)Cn1ccccc1=O. The normalized spacial score (nSPS) is 15.2. The number of aromatic nitrogens is 1. The number of carbonyl (C=O) groups excluding carboxylic acids is 3. The van der Waals surface area contributed by atoms with Crippen LogP contribution in [0.1, 0.15) is 6.42 Å². The minimum atomic E-state index is -1.00. The maximum Gasteiger partial charge on any atom is 0.266 e. The Bertz CT molecular complexity index is 908. The number of anilines is 1. The van der Waals surface area contributed by atoms with Gasteiger partial charge in [0.25, 0.3) is 17.4 Å². The number of rotatable bonds is 4. The highest BCUT2D eigenvalue weighted by Gasteiger charge is 2.29. The Morgan fingerprint density at radius 2 is 1.77 bits per heavy atom. The van der Waals surface area contributed by atoms with Crippen LogP contribution in [0.4, 0.5) is 5.69 Å². The van der Waals surface area contributed by atoms with Crippen molar-refractivity contribution in [3.63, 3.8) is 0 Å². The third kappa shape index (κ3) is 4.07. The summed E-state index contributed by atoms with van der Waals surface area (Å²) in [5.74, 6) is -1.15. The summed E-state index contributed by atoms with van der Waals surface area (Å²) in [6, 6.07) is 11.4. The molecule has 9 nitrogen and oxygen atoms in total. The van der Waals surface area contributed by atoms with Gasteiger partial charge in [-0.05, 0) is 18.2 Å². The fourth-order valence-electron chi connectivity index (χ4n) is 2.37. The zero-order valence-electron chi connectivity index (χ0n) is 13.6. The number of ether oxygens (including phenoxy) is 1. The monoisotopic (exact) mass is 356 g/mol. The van der Waals surface area contributed by atoms with Crippen molar-refractivity contribution in [2.75, 3.05) is 5.32 Å². The molecule has 0 saturated heterocycles. The molecule has 26 heavy (non-hydrogen) atoms. The van der Waals surface area contributed by atoms with Crippen molar-refractivity contribution in [1.29, 1.82) is 0 Å². The molecule has 1 aromatic heterocycles. The molecule has 1 atom stereocenters. The molecule has 1 aliphatic heterocycles. The van der Waals surface area contributed by atoms with Crippen molar-refractivity contribution in [2.24, 2.45) is 0 Å². The Kier molecular flexibility index (Phi) is 4.97.